The van der Waals surface area contributed by atoms with E-state index >= 15 is 0 Å². The molecule has 0 amide bonds. The third-order valence-corrected chi connectivity index (χ3v) is 2.37. The van der Waals surface area contributed by atoms with Crippen molar-refractivity contribution in [2.45, 2.75) is 18.4 Å². The summed E-state index contributed by atoms with van der Waals surface area (Å²) in [5.41, 5.74) is 0.906. The van der Waals surface area contributed by atoms with Crippen LogP contribution < -0.4 is 0 Å². The third kappa shape index (κ3) is 1.06. The fourth-order valence-corrected chi connectivity index (χ4v) is 1.33. The lowest BCUT2D eigenvalue weighted by atomic mass is 10.3. The van der Waals surface area contributed by atoms with Gasteiger partial charge in [0.2, 0.25) is 0 Å². The van der Waals surface area contributed by atoms with E-state index in [1.54, 1.807) is 6.20 Å². The molecule has 0 atom stereocenters. The fourth-order valence-electron chi connectivity index (χ4n) is 1.33. The summed E-state index contributed by atoms with van der Waals surface area (Å²) in [4.78, 5) is 16.8. The molecule has 0 unspecified atom stereocenters. The standard InChI is InChI=1S/C9H8N4/c1-2-9(1)5-11-8-7(4-13-9)3-10-6-12-8/h3-6H,1-2H2. The molecule has 2 aliphatic rings. The van der Waals surface area contributed by atoms with Crippen molar-refractivity contribution >= 4 is 18.2 Å². The topological polar surface area (TPSA) is 50.5 Å². The number of hydrogen-bond acceptors (Lipinski definition) is 4. The van der Waals surface area contributed by atoms with Gasteiger partial charge in [0.05, 0.1) is 11.1 Å². The van der Waals surface area contributed by atoms with Crippen molar-refractivity contribution in [2.24, 2.45) is 9.98 Å². The summed E-state index contributed by atoms with van der Waals surface area (Å²) >= 11 is 0. The highest BCUT2D eigenvalue weighted by Gasteiger charge is 2.41. The Kier molecular flexibility index (Phi) is 1.17. The minimum atomic E-state index is 0.000694. The molecule has 64 valence electrons. The molecule has 1 aromatic rings. The average molecular weight is 172 g/mol. The molecular weight excluding hydrogens is 164 g/mol. The fraction of sp³-hybridized carbons (Fsp3) is 0.333. The zero-order valence-electron chi connectivity index (χ0n) is 7.01. The van der Waals surface area contributed by atoms with Gasteiger partial charge in [-0.1, -0.05) is 0 Å². The first kappa shape index (κ1) is 6.88. The molecule has 0 saturated heterocycles. The van der Waals surface area contributed by atoms with Crippen LogP contribution in [-0.4, -0.2) is 27.9 Å². The molecular formula is C9H8N4. The van der Waals surface area contributed by atoms with Crippen LogP contribution in [0.5, 0.6) is 0 Å². The minimum Gasteiger partial charge on any atom is -0.280 e. The second kappa shape index (κ2) is 2.22. The van der Waals surface area contributed by atoms with Crippen LogP contribution in [0.3, 0.4) is 0 Å². The Hall–Kier alpha value is -1.58. The number of rotatable bonds is 0. The van der Waals surface area contributed by atoms with Gasteiger partial charge in [-0.05, 0) is 12.8 Å². The van der Waals surface area contributed by atoms with Gasteiger partial charge in [0.1, 0.15) is 6.33 Å². The van der Waals surface area contributed by atoms with E-state index < -0.39 is 0 Å². The Bertz CT molecular complexity index is 369. The molecule has 4 heteroatoms. The van der Waals surface area contributed by atoms with Crippen LogP contribution >= 0.6 is 0 Å². The summed E-state index contributed by atoms with van der Waals surface area (Å²) in [5, 5.41) is 0. The van der Waals surface area contributed by atoms with Gasteiger partial charge in [-0.2, -0.15) is 0 Å². The van der Waals surface area contributed by atoms with Crippen molar-refractivity contribution < 1.29 is 0 Å². The molecule has 1 aromatic heterocycles. The van der Waals surface area contributed by atoms with Gasteiger partial charge in [-0.3, -0.25) is 4.99 Å². The molecule has 1 fully saturated rings. The molecule has 4 nitrogen and oxygen atoms in total. The van der Waals surface area contributed by atoms with Gasteiger partial charge in [0.25, 0.3) is 0 Å². The Balaban J connectivity index is 2.14. The Morgan fingerprint density at radius 1 is 1.31 bits per heavy atom. The zero-order valence-corrected chi connectivity index (χ0v) is 7.01. The number of aromatic nitrogens is 2. The van der Waals surface area contributed by atoms with E-state index in [4.69, 9.17) is 0 Å². The van der Waals surface area contributed by atoms with Crippen molar-refractivity contribution in [3.8, 4) is 0 Å². The second-order valence-corrected chi connectivity index (χ2v) is 3.42. The lowest BCUT2D eigenvalue weighted by Gasteiger charge is -1.95. The lowest BCUT2D eigenvalue weighted by Crippen LogP contribution is -2.04. The molecule has 0 aromatic carbocycles. The van der Waals surface area contributed by atoms with Crippen molar-refractivity contribution in [1.82, 2.24) is 9.97 Å². The van der Waals surface area contributed by atoms with Crippen LogP contribution in [0.2, 0.25) is 0 Å². The number of nitrogens with zero attached hydrogens (tertiary/aromatic N) is 4. The SMILES string of the molecule is C1=Nc2ncncc2C=NC12CC2. The minimum absolute atomic E-state index is 0.000694. The monoisotopic (exact) mass is 172 g/mol. The normalized spacial score (nSPS) is 21.2. The van der Waals surface area contributed by atoms with Gasteiger partial charge in [0.15, 0.2) is 5.82 Å². The van der Waals surface area contributed by atoms with E-state index in [2.05, 4.69) is 20.0 Å². The molecule has 1 aliphatic carbocycles. The van der Waals surface area contributed by atoms with Crippen LogP contribution in [0, 0.1) is 0 Å². The van der Waals surface area contributed by atoms with E-state index in [9.17, 15) is 0 Å². The molecule has 0 bridgehead atoms. The highest BCUT2D eigenvalue weighted by molar-refractivity contribution is 5.92. The van der Waals surface area contributed by atoms with E-state index in [0.717, 1.165) is 24.2 Å². The first-order chi connectivity index (χ1) is 6.38. The highest BCUT2D eigenvalue weighted by atomic mass is 15.0. The van der Waals surface area contributed by atoms with Crippen molar-refractivity contribution in [3.63, 3.8) is 0 Å². The summed E-state index contributed by atoms with van der Waals surface area (Å²) in [6, 6.07) is 0. The quantitative estimate of drug-likeness (QED) is 0.589. The first-order valence-electron chi connectivity index (χ1n) is 4.28. The number of hydrogen-bond donors (Lipinski definition) is 0. The smallest absolute Gasteiger partial charge is 0.163 e. The number of fused-ring (bicyclic) bond motifs is 1. The third-order valence-electron chi connectivity index (χ3n) is 2.37. The van der Waals surface area contributed by atoms with Gasteiger partial charge >= 0.3 is 0 Å². The molecule has 0 N–H and O–H groups in total. The predicted molar refractivity (Wildman–Crippen MR) is 49.7 cm³/mol. The van der Waals surface area contributed by atoms with Crippen LogP contribution in [0.1, 0.15) is 18.4 Å². The van der Waals surface area contributed by atoms with Gasteiger partial charge in [-0.25, -0.2) is 15.0 Å². The summed E-state index contributed by atoms with van der Waals surface area (Å²) in [6.45, 7) is 0. The Morgan fingerprint density at radius 2 is 2.23 bits per heavy atom. The summed E-state index contributed by atoms with van der Waals surface area (Å²) in [5.74, 6) is 0.725. The first-order valence-corrected chi connectivity index (χ1v) is 4.28. The Morgan fingerprint density at radius 3 is 3.08 bits per heavy atom. The van der Waals surface area contributed by atoms with Gasteiger partial charge in [-0.15, -0.1) is 0 Å². The molecule has 0 radical (unpaired) electrons. The van der Waals surface area contributed by atoms with E-state index in [1.165, 1.54) is 6.33 Å². The largest absolute Gasteiger partial charge is 0.280 e. The predicted octanol–water partition coefficient (Wildman–Crippen LogP) is 1.14. The zero-order chi connectivity index (χ0) is 8.73. The molecule has 3 rings (SSSR count). The van der Waals surface area contributed by atoms with Crippen LogP contribution in [0.15, 0.2) is 22.5 Å². The van der Waals surface area contributed by atoms with Crippen molar-refractivity contribution in [1.29, 1.82) is 0 Å². The van der Waals surface area contributed by atoms with E-state index in [1.807, 2.05) is 12.4 Å². The molecule has 1 spiro atoms. The van der Waals surface area contributed by atoms with E-state index in [0.29, 0.717) is 0 Å². The van der Waals surface area contributed by atoms with Gasteiger partial charge in [0, 0.05) is 18.6 Å². The average Bonchev–Trinajstić information content (AvgIpc) is 2.96. The summed E-state index contributed by atoms with van der Waals surface area (Å²) < 4.78 is 0. The van der Waals surface area contributed by atoms with Gasteiger partial charge < -0.3 is 0 Å². The van der Waals surface area contributed by atoms with E-state index in [-0.39, 0.29) is 5.54 Å². The lowest BCUT2D eigenvalue weighted by molar-refractivity contribution is 0.940. The number of aliphatic imine (C=N–C) groups is 2. The molecule has 13 heavy (non-hydrogen) atoms. The second-order valence-electron chi connectivity index (χ2n) is 3.42. The highest BCUT2D eigenvalue weighted by Crippen LogP contribution is 2.39. The summed E-state index contributed by atoms with van der Waals surface area (Å²) in [6.07, 6.45) is 9.19. The molecule has 1 aliphatic heterocycles. The van der Waals surface area contributed by atoms with Crippen LogP contribution in [0.4, 0.5) is 5.82 Å². The maximum Gasteiger partial charge on any atom is 0.163 e. The summed E-state index contributed by atoms with van der Waals surface area (Å²) in [7, 11) is 0. The molecule has 2 heterocycles. The van der Waals surface area contributed by atoms with Crippen LogP contribution in [0.25, 0.3) is 0 Å². The maximum atomic E-state index is 4.45. The maximum absolute atomic E-state index is 4.45. The van der Waals surface area contributed by atoms with Crippen molar-refractivity contribution in [3.05, 3.63) is 18.1 Å². The van der Waals surface area contributed by atoms with Crippen LogP contribution in [-0.2, 0) is 0 Å². The van der Waals surface area contributed by atoms with Crippen molar-refractivity contribution in [2.75, 3.05) is 0 Å². The molecule has 1 saturated carbocycles. The Labute approximate surface area is 75.5 Å².